The number of nitrogens with zero attached hydrogens (tertiary/aromatic N) is 3. The lowest BCUT2D eigenvalue weighted by atomic mass is 9.77. The number of carboxylic acids is 1. The second kappa shape index (κ2) is 7.78. The van der Waals surface area contributed by atoms with Crippen molar-refractivity contribution in [3.63, 3.8) is 0 Å². The van der Waals surface area contributed by atoms with Crippen LogP contribution in [-0.2, 0) is 26.9 Å². The van der Waals surface area contributed by atoms with Gasteiger partial charge in [-0.05, 0) is 6.92 Å². The van der Waals surface area contributed by atoms with Crippen molar-refractivity contribution in [3.8, 4) is 0 Å². The number of carboxylic acid groups (broad SMARTS) is 1. The molecule has 2 aliphatic heterocycles. The van der Waals surface area contributed by atoms with E-state index in [1.807, 2.05) is 6.92 Å². The summed E-state index contributed by atoms with van der Waals surface area (Å²) in [6.07, 6.45) is 3.34. The van der Waals surface area contributed by atoms with Crippen molar-refractivity contribution in [2.45, 2.75) is 43.7 Å². The summed E-state index contributed by atoms with van der Waals surface area (Å²) in [5.41, 5.74) is 5.97. The van der Waals surface area contributed by atoms with Gasteiger partial charge in [0.2, 0.25) is 15.8 Å². The van der Waals surface area contributed by atoms with E-state index in [1.54, 1.807) is 21.5 Å². The van der Waals surface area contributed by atoms with Gasteiger partial charge in [0.15, 0.2) is 0 Å². The standard InChI is InChI=1S/C19H24N4O6S2/c1-8-12(15(19(27)28)23-14(8)13(9(2)24)16(23)26)11-6-21-7-22(5-10(25)4-20)18(31(3)29)17(21)30-11/h6-10,13-14,24-25H,4-5,20H2,1-3H3/p+1/t8-,9+,10?,13+,14+,31?/m0/s1. The van der Waals surface area contributed by atoms with Gasteiger partial charge in [0.05, 0.1) is 33.7 Å². The van der Waals surface area contributed by atoms with E-state index in [9.17, 15) is 29.1 Å². The zero-order chi connectivity index (χ0) is 22.8. The maximum absolute atomic E-state index is 12.6. The largest absolute Gasteiger partial charge is 0.477 e. The number of hydrogen-bond acceptors (Lipinski definition) is 7. The molecule has 0 aliphatic carbocycles. The van der Waals surface area contributed by atoms with Crippen molar-refractivity contribution in [2.75, 3.05) is 12.8 Å². The molecule has 2 aliphatic rings. The number of fused-ring (bicyclic) bond motifs is 2. The first-order valence-electron chi connectivity index (χ1n) is 9.82. The monoisotopic (exact) mass is 469 g/mol. The fourth-order valence-electron chi connectivity index (χ4n) is 4.67. The predicted octanol–water partition coefficient (Wildman–Crippen LogP) is -1.00. The second-order valence-electron chi connectivity index (χ2n) is 8.05. The first-order chi connectivity index (χ1) is 14.6. The van der Waals surface area contributed by atoms with Gasteiger partial charge in [0, 0.05) is 24.3 Å². The van der Waals surface area contributed by atoms with Gasteiger partial charge in [0.1, 0.15) is 24.5 Å². The van der Waals surface area contributed by atoms with Crippen LogP contribution >= 0.6 is 11.3 Å². The number of carbonyl (C=O) groups is 2. The SMILES string of the molecule is C[C@@H](O)[C@H]1C(=O)N2C(C(=O)O)=C(c3c[n+]4cn(CC(O)CN)c(S(C)=O)c4s3)[C@H](C)[C@H]12. The van der Waals surface area contributed by atoms with E-state index in [0.29, 0.717) is 20.3 Å². The van der Waals surface area contributed by atoms with Crippen LogP contribution in [0.3, 0.4) is 0 Å². The number of amides is 1. The molecule has 1 fully saturated rings. The number of aliphatic carboxylic acids is 1. The topological polar surface area (TPSA) is 150 Å². The number of carbonyl (C=O) groups excluding carboxylic acids is 1. The fraction of sp³-hybridized carbons (Fsp3) is 0.526. The number of aliphatic hydroxyl groups is 2. The number of nitrogens with two attached hydrogens (primary N) is 1. The Balaban J connectivity index is 1.82. The molecule has 1 amide bonds. The summed E-state index contributed by atoms with van der Waals surface area (Å²) in [7, 11) is -1.37. The minimum absolute atomic E-state index is 0.0606. The zero-order valence-corrected chi connectivity index (χ0v) is 18.9. The van der Waals surface area contributed by atoms with Gasteiger partial charge in [-0.3, -0.25) is 9.00 Å². The highest BCUT2D eigenvalue weighted by molar-refractivity contribution is 7.84. The van der Waals surface area contributed by atoms with Crippen LogP contribution in [0.15, 0.2) is 23.2 Å². The van der Waals surface area contributed by atoms with Crippen molar-refractivity contribution in [3.05, 3.63) is 23.1 Å². The molecule has 2 aromatic heterocycles. The summed E-state index contributed by atoms with van der Waals surface area (Å²) in [5, 5.41) is 30.3. The third-order valence-corrected chi connectivity index (χ3v) is 8.24. The van der Waals surface area contributed by atoms with Gasteiger partial charge in [-0.15, -0.1) is 0 Å². The molecule has 31 heavy (non-hydrogen) atoms. The Morgan fingerprint density at radius 2 is 2.10 bits per heavy atom. The Morgan fingerprint density at radius 1 is 1.42 bits per heavy atom. The third-order valence-electron chi connectivity index (χ3n) is 6.00. The summed E-state index contributed by atoms with van der Waals surface area (Å²) in [6.45, 7) is 3.66. The summed E-state index contributed by atoms with van der Waals surface area (Å²) in [4.78, 5) is 27.2. The highest BCUT2D eigenvalue weighted by Gasteiger charge is 2.60. The third kappa shape index (κ3) is 3.24. The van der Waals surface area contributed by atoms with Gasteiger partial charge in [-0.25, -0.2) is 9.36 Å². The van der Waals surface area contributed by atoms with Gasteiger partial charge in [-0.2, -0.15) is 4.40 Å². The molecule has 10 nitrogen and oxygen atoms in total. The lowest BCUT2D eigenvalue weighted by molar-refractivity contribution is -0.508. The van der Waals surface area contributed by atoms with E-state index in [4.69, 9.17) is 5.73 Å². The molecule has 12 heteroatoms. The van der Waals surface area contributed by atoms with Crippen LogP contribution in [-0.4, -0.2) is 71.9 Å². The minimum atomic E-state index is -1.37. The summed E-state index contributed by atoms with van der Waals surface area (Å²) < 4.78 is 15.9. The molecule has 4 rings (SSSR count). The number of β-lactam (4-membered cyclic amide) rings is 1. The smallest absolute Gasteiger partial charge is 0.352 e. The molecular weight excluding hydrogens is 444 g/mol. The van der Waals surface area contributed by atoms with Crippen molar-refractivity contribution >= 4 is 44.4 Å². The highest BCUT2D eigenvalue weighted by Crippen LogP contribution is 2.51. The van der Waals surface area contributed by atoms with E-state index < -0.39 is 40.9 Å². The van der Waals surface area contributed by atoms with Crippen LogP contribution in [0.5, 0.6) is 0 Å². The molecule has 6 atom stereocenters. The molecule has 168 valence electrons. The van der Waals surface area contributed by atoms with Crippen LogP contribution in [0, 0.1) is 11.8 Å². The van der Waals surface area contributed by atoms with E-state index >= 15 is 0 Å². The first kappa shape index (κ1) is 22.1. The molecule has 0 saturated carbocycles. The molecule has 1 saturated heterocycles. The first-order valence-corrected chi connectivity index (χ1v) is 12.2. The molecule has 0 aromatic carbocycles. The summed E-state index contributed by atoms with van der Waals surface area (Å²) in [5.74, 6) is -2.49. The van der Waals surface area contributed by atoms with Crippen molar-refractivity contribution in [1.82, 2.24) is 9.47 Å². The molecular formula is C19H25N4O6S2+. The Morgan fingerprint density at radius 3 is 2.65 bits per heavy atom. The summed E-state index contributed by atoms with van der Waals surface area (Å²) >= 11 is 1.29. The maximum atomic E-state index is 12.6. The molecule has 2 unspecified atom stereocenters. The molecule has 0 radical (unpaired) electrons. The predicted molar refractivity (Wildman–Crippen MR) is 112 cm³/mol. The maximum Gasteiger partial charge on any atom is 0.352 e. The average molecular weight is 470 g/mol. The van der Waals surface area contributed by atoms with Crippen LogP contribution < -0.4 is 10.1 Å². The quantitative estimate of drug-likeness (QED) is 0.300. The molecule has 5 N–H and O–H groups in total. The van der Waals surface area contributed by atoms with E-state index in [1.165, 1.54) is 29.4 Å². The molecule has 4 heterocycles. The van der Waals surface area contributed by atoms with Crippen molar-refractivity contribution in [1.29, 1.82) is 0 Å². The number of aromatic nitrogens is 2. The fourth-order valence-corrected chi connectivity index (χ4v) is 7.13. The highest BCUT2D eigenvalue weighted by atomic mass is 32.2. The van der Waals surface area contributed by atoms with Crippen LogP contribution in [0.4, 0.5) is 0 Å². The number of imidazole rings is 1. The lowest BCUT2D eigenvalue weighted by Crippen LogP contribution is -2.63. The van der Waals surface area contributed by atoms with Crippen molar-refractivity contribution in [2.24, 2.45) is 17.6 Å². The van der Waals surface area contributed by atoms with Gasteiger partial charge < -0.3 is 26.0 Å². The second-order valence-corrected chi connectivity index (χ2v) is 10.4. The number of thiazole rings is 1. The zero-order valence-electron chi connectivity index (χ0n) is 17.3. The lowest BCUT2D eigenvalue weighted by Gasteiger charge is -2.46. The minimum Gasteiger partial charge on any atom is -0.477 e. The van der Waals surface area contributed by atoms with Crippen LogP contribution in [0.1, 0.15) is 18.7 Å². The Bertz CT molecular complexity index is 1140. The normalized spacial score (nSPS) is 26.2. The van der Waals surface area contributed by atoms with E-state index in [-0.39, 0.29) is 30.6 Å². The van der Waals surface area contributed by atoms with Crippen molar-refractivity contribution < 1.29 is 33.5 Å². The van der Waals surface area contributed by atoms with Gasteiger partial charge >= 0.3 is 5.97 Å². The summed E-state index contributed by atoms with van der Waals surface area (Å²) in [6, 6.07) is -0.403. The Labute approximate surface area is 184 Å². The molecule has 2 aromatic rings. The number of hydrogen-bond donors (Lipinski definition) is 4. The van der Waals surface area contributed by atoms with Gasteiger partial charge in [0.25, 0.3) is 6.33 Å². The Kier molecular flexibility index (Phi) is 5.54. The molecule has 0 spiro atoms. The molecule has 0 bridgehead atoms. The number of aliphatic hydroxyl groups excluding tert-OH is 2. The van der Waals surface area contributed by atoms with Crippen LogP contribution in [0.25, 0.3) is 10.4 Å². The van der Waals surface area contributed by atoms with Crippen LogP contribution in [0.2, 0.25) is 0 Å². The van der Waals surface area contributed by atoms with E-state index in [2.05, 4.69) is 0 Å². The van der Waals surface area contributed by atoms with E-state index in [0.717, 1.165) is 0 Å². The Hall–Kier alpha value is -2.12. The average Bonchev–Trinajstić information content (AvgIpc) is 3.28. The number of rotatable bonds is 7. The van der Waals surface area contributed by atoms with Gasteiger partial charge in [-0.1, -0.05) is 18.3 Å².